The summed E-state index contributed by atoms with van der Waals surface area (Å²) in [5.41, 5.74) is 5.35. The predicted molar refractivity (Wildman–Crippen MR) is 62.4 cm³/mol. The molecule has 0 aliphatic rings. The normalized spacial score (nSPS) is 12.4. The Balaban J connectivity index is 2.74. The van der Waals surface area contributed by atoms with Crippen molar-refractivity contribution in [1.29, 1.82) is 0 Å². The maximum absolute atomic E-state index is 10.9. The van der Waals surface area contributed by atoms with Crippen LogP contribution in [-0.4, -0.2) is 22.9 Å². The summed E-state index contributed by atoms with van der Waals surface area (Å²) < 4.78 is 0. The first kappa shape index (κ1) is 12.4. The first-order valence-corrected chi connectivity index (χ1v) is 5.75. The SMILES string of the molecule is NCCC(Sc1ccccc1Cl)C(=O)O. The molecule has 0 aliphatic heterocycles. The van der Waals surface area contributed by atoms with E-state index in [2.05, 4.69) is 0 Å². The molecule has 5 heteroatoms. The number of hydrogen-bond donors (Lipinski definition) is 2. The zero-order valence-electron chi connectivity index (χ0n) is 8.02. The van der Waals surface area contributed by atoms with Crippen LogP contribution in [0.2, 0.25) is 5.02 Å². The van der Waals surface area contributed by atoms with E-state index in [1.54, 1.807) is 12.1 Å². The van der Waals surface area contributed by atoms with Crippen LogP contribution in [0.1, 0.15) is 6.42 Å². The van der Waals surface area contributed by atoms with Gasteiger partial charge in [0, 0.05) is 4.90 Å². The Bertz CT molecular complexity index is 346. The van der Waals surface area contributed by atoms with Crippen molar-refractivity contribution in [3.63, 3.8) is 0 Å². The molecule has 82 valence electrons. The maximum atomic E-state index is 10.9. The molecule has 0 fully saturated rings. The van der Waals surface area contributed by atoms with Gasteiger partial charge in [0.15, 0.2) is 0 Å². The van der Waals surface area contributed by atoms with Crippen LogP contribution in [0.4, 0.5) is 0 Å². The van der Waals surface area contributed by atoms with E-state index in [-0.39, 0.29) is 0 Å². The molecule has 0 radical (unpaired) electrons. The Morgan fingerprint density at radius 1 is 1.53 bits per heavy atom. The Morgan fingerprint density at radius 2 is 2.20 bits per heavy atom. The van der Waals surface area contributed by atoms with Crippen molar-refractivity contribution in [2.45, 2.75) is 16.6 Å². The van der Waals surface area contributed by atoms with E-state index < -0.39 is 11.2 Å². The van der Waals surface area contributed by atoms with Gasteiger partial charge in [0.2, 0.25) is 0 Å². The fourth-order valence-corrected chi connectivity index (χ4v) is 2.35. The van der Waals surface area contributed by atoms with Gasteiger partial charge in [-0.2, -0.15) is 0 Å². The number of benzene rings is 1. The third-order valence-corrected chi connectivity index (χ3v) is 3.58. The van der Waals surface area contributed by atoms with Crippen molar-refractivity contribution in [1.82, 2.24) is 0 Å². The Hall–Kier alpha value is -0.710. The number of hydrogen-bond acceptors (Lipinski definition) is 3. The molecule has 3 nitrogen and oxygen atoms in total. The number of rotatable bonds is 5. The summed E-state index contributed by atoms with van der Waals surface area (Å²) in [6, 6.07) is 7.19. The van der Waals surface area contributed by atoms with Gasteiger partial charge in [0.05, 0.1) is 5.02 Å². The highest BCUT2D eigenvalue weighted by Gasteiger charge is 2.18. The third kappa shape index (κ3) is 3.74. The molecule has 0 amide bonds. The molecule has 1 aromatic carbocycles. The van der Waals surface area contributed by atoms with Crippen LogP contribution in [0.15, 0.2) is 29.2 Å². The van der Waals surface area contributed by atoms with Crippen LogP contribution in [0, 0.1) is 0 Å². The van der Waals surface area contributed by atoms with Gasteiger partial charge in [0.25, 0.3) is 0 Å². The summed E-state index contributed by atoms with van der Waals surface area (Å²) in [4.78, 5) is 11.7. The van der Waals surface area contributed by atoms with Crippen LogP contribution >= 0.6 is 23.4 Å². The second kappa shape index (κ2) is 6.00. The molecule has 0 heterocycles. The number of carboxylic acid groups (broad SMARTS) is 1. The van der Waals surface area contributed by atoms with E-state index in [1.165, 1.54) is 11.8 Å². The molecule has 1 rings (SSSR count). The van der Waals surface area contributed by atoms with Gasteiger partial charge in [-0.15, -0.1) is 11.8 Å². The van der Waals surface area contributed by atoms with E-state index in [9.17, 15) is 4.79 Å². The molecule has 1 unspecified atom stereocenters. The van der Waals surface area contributed by atoms with Crippen molar-refractivity contribution in [2.24, 2.45) is 5.73 Å². The van der Waals surface area contributed by atoms with Gasteiger partial charge in [-0.05, 0) is 25.1 Å². The van der Waals surface area contributed by atoms with Gasteiger partial charge < -0.3 is 10.8 Å². The average molecular weight is 246 g/mol. The van der Waals surface area contributed by atoms with Crippen LogP contribution in [0.25, 0.3) is 0 Å². The summed E-state index contributed by atoms with van der Waals surface area (Å²) >= 11 is 7.16. The molecule has 0 aromatic heterocycles. The van der Waals surface area contributed by atoms with E-state index >= 15 is 0 Å². The number of carbonyl (C=O) groups is 1. The molecule has 0 bridgehead atoms. The lowest BCUT2D eigenvalue weighted by Gasteiger charge is -2.11. The van der Waals surface area contributed by atoms with Crippen molar-refractivity contribution >= 4 is 29.3 Å². The molecule has 0 aliphatic carbocycles. The van der Waals surface area contributed by atoms with Gasteiger partial charge in [-0.25, -0.2) is 0 Å². The number of nitrogens with two attached hydrogens (primary N) is 1. The van der Waals surface area contributed by atoms with E-state index in [1.807, 2.05) is 12.1 Å². The fourth-order valence-electron chi connectivity index (χ4n) is 1.08. The zero-order chi connectivity index (χ0) is 11.3. The smallest absolute Gasteiger partial charge is 0.317 e. The van der Waals surface area contributed by atoms with Crippen LogP contribution in [-0.2, 0) is 4.79 Å². The van der Waals surface area contributed by atoms with E-state index in [0.29, 0.717) is 18.0 Å². The molecule has 0 spiro atoms. The summed E-state index contributed by atoms with van der Waals surface area (Å²) in [5, 5.41) is 8.98. The molecular weight excluding hydrogens is 234 g/mol. The largest absolute Gasteiger partial charge is 0.480 e. The summed E-state index contributed by atoms with van der Waals surface area (Å²) in [5.74, 6) is -0.856. The highest BCUT2D eigenvalue weighted by molar-refractivity contribution is 8.00. The first-order chi connectivity index (χ1) is 7.15. The lowest BCUT2D eigenvalue weighted by Crippen LogP contribution is -2.20. The Kier molecular flexibility index (Phi) is 4.94. The van der Waals surface area contributed by atoms with Crippen molar-refractivity contribution in [2.75, 3.05) is 6.54 Å². The van der Waals surface area contributed by atoms with Gasteiger partial charge in [0.1, 0.15) is 5.25 Å². The molecular formula is C10H12ClNO2S. The predicted octanol–water partition coefficient (Wildman–Crippen LogP) is 2.23. The van der Waals surface area contributed by atoms with Crippen LogP contribution < -0.4 is 5.73 Å². The van der Waals surface area contributed by atoms with E-state index in [0.717, 1.165) is 4.90 Å². The van der Waals surface area contributed by atoms with Crippen molar-refractivity contribution in [3.8, 4) is 0 Å². The van der Waals surface area contributed by atoms with Gasteiger partial charge >= 0.3 is 5.97 Å². The molecule has 15 heavy (non-hydrogen) atoms. The number of thioether (sulfide) groups is 1. The Morgan fingerprint density at radius 3 is 2.73 bits per heavy atom. The second-order valence-electron chi connectivity index (χ2n) is 2.95. The quantitative estimate of drug-likeness (QED) is 0.781. The van der Waals surface area contributed by atoms with Crippen molar-refractivity contribution < 1.29 is 9.90 Å². The van der Waals surface area contributed by atoms with Crippen LogP contribution in [0.5, 0.6) is 0 Å². The second-order valence-corrected chi connectivity index (χ2v) is 4.60. The molecule has 3 N–H and O–H groups in total. The standard InChI is InChI=1S/C10H12ClNO2S/c11-7-3-1-2-4-8(7)15-9(5-6-12)10(13)14/h1-4,9H,5-6,12H2,(H,13,14). The maximum Gasteiger partial charge on any atom is 0.317 e. The minimum atomic E-state index is -0.856. The topological polar surface area (TPSA) is 63.3 Å². The van der Waals surface area contributed by atoms with Crippen LogP contribution in [0.3, 0.4) is 0 Å². The number of aliphatic carboxylic acids is 1. The minimum absolute atomic E-state index is 0.356. The monoisotopic (exact) mass is 245 g/mol. The highest BCUT2D eigenvalue weighted by atomic mass is 35.5. The fraction of sp³-hybridized carbons (Fsp3) is 0.300. The highest BCUT2D eigenvalue weighted by Crippen LogP contribution is 2.31. The lowest BCUT2D eigenvalue weighted by molar-refractivity contribution is -0.136. The Labute approximate surface area is 97.6 Å². The first-order valence-electron chi connectivity index (χ1n) is 4.49. The summed E-state index contributed by atoms with van der Waals surface area (Å²) in [6.07, 6.45) is 0.436. The summed E-state index contributed by atoms with van der Waals surface area (Å²) in [7, 11) is 0. The number of halogens is 1. The minimum Gasteiger partial charge on any atom is -0.480 e. The average Bonchev–Trinajstić information content (AvgIpc) is 2.20. The summed E-state index contributed by atoms with van der Waals surface area (Å²) in [6.45, 7) is 0.356. The molecule has 0 saturated carbocycles. The zero-order valence-corrected chi connectivity index (χ0v) is 9.59. The third-order valence-electron chi connectivity index (χ3n) is 1.81. The molecule has 1 aromatic rings. The molecule has 0 saturated heterocycles. The van der Waals surface area contributed by atoms with E-state index in [4.69, 9.17) is 22.4 Å². The van der Waals surface area contributed by atoms with Gasteiger partial charge in [-0.3, -0.25) is 4.79 Å². The lowest BCUT2D eigenvalue weighted by atomic mass is 10.3. The van der Waals surface area contributed by atoms with Crippen molar-refractivity contribution in [3.05, 3.63) is 29.3 Å². The molecule has 1 atom stereocenters. The van der Waals surface area contributed by atoms with Gasteiger partial charge in [-0.1, -0.05) is 23.7 Å². The number of carboxylic acids is 1.